The summed E-state index contributed by atoms with van der Waals surface area (Å²) in [5.74, 6) is -3.82. The van der Waals surface area contributed by atoms with Crippen molar-refractivity contribution in [1.29, 1.82) is 0 Å². The van der Waals surface area contributed by atoms with Crippen molar-refractivity contribution in [3.05, 3.63) is 65.9 Å². The second-order valence-electron chi connectivity index (χ2n) is 8.43. The van der Waals surface area contributed by atoms with Crippen molar-refractivity contribution in [2.45, 2.75) is 43.8 Å². The maximum absolute atomic E-state index is 13.2. The van der Waals surface area contributed by atoms with Crippen molar-refractivity contribution >= 4 is 34.7 Å². The Morgan fingerprint density at radius 3 is 2.22 bits per heavy atom. The molecule has 0 fully saturated rings. The fraction of sp³-hybridized carbons (Fsp3) is 0.280. The summed E-state index contributed by atoms with van der Waals surface area (Å²) in [7, 11) is 0. The molecule has 36 heavy (non-hydrogen) atoms. The highest BCUT2D eigenvalue weighted by Crippen LogP contribution is 2.19. The van der Waals surface area contributed by atoms with Crippen molar-refractivity contribution in [2.75, 3.05) is 0 Å². The second kappa shape index (κ2) is 11.8. The summed E-state index contributed by atoms with van der Waals surface area (Å²) in [5.41, 5.74) is 7.91. The van der Waals surface area contributed by atoms with Gasteiger partial charge in [0.15, 0.2) is 0 Å². The molecule has 0 spiro atoms. The number of aromatic nitrogens is 1. The van der Waals surface area contributed by atoms with Crippen LogP contribution in [0.5, 0.6) is 5.75 Å². The van der Waals surface area contributed by atoms with Gasteiger partial charge in [-0.2, -0.15) is 0 Å². The maximum atomic E-state index is 13.2. The molecule has 0 saturated carbocycles. The number of phenols is 1. The smallest absolute Gasteiger partial charge is 0.326 e. The molecular weight excluding hydrogens is 468 g/mol. The third kappa shape index (κ3) is 7.06. The van der Waals surface area contributed by atoms with Crippen LogP contribution in [0.3, 0.4) is 0 Å². The summed E-state index contributed by atoms with van der Waals surface area (Å²) < 4.78 is 0. The number of hydrogen-bond acceptors (Lipinski definition) is 6. The van der Waals surface area contributed by atoms with Crippen molar-refractivity contribution in [3.8, 4) is 5.75 Å². The van der Waals surface area contributed by atoms with Gasteiger partial charge in [-0.3, -0.25) is 14.4 Å². The number of para-hydroxylation sites is 1. The Labute approximate surface area is 206 Å². The monoisotopic (exact) mass is 496 g/mol. The van der Waals surface area contributed by atoms with Crippen molar-refractivity contribution in [3.63, 3.8) is 0 Å². The Balaban J connectivity index is 1.77. The normalized spacial score (nSPS) is 13.5. The molecule has 0 unspecified atom stereocenters. The van der Waals surface area contributed by atoms with Crippen molar-refractivity contribution in [1.82, 2.24) is 15.6 Å². The van der Waals surface area contributed by atoms with Crippen LogP contribution in [0.1, 0.15) is 24.0 Å². The van der Waals surface area contributed by atoms with Gasteiger partial charge in [-0.05, 0) is 35.7 Å². The van der Waals surface area contributed by atoms with Gasteiger partial charge in [-0.15, -0.1) is 0 Å². The minimum absolute atomic E-state index is 0.00306. The van der Waals surface area contributed by atoms with Crippen LogP contribution >= 0.6 is 0 Å². The van der Waals surface area contributed by atoms with E-state index in [1.54, 1.807) is 18.3 Å². The first-order valence-electron chi connectivity index (χ1n) is 11.3. The van der Waals surface area contributed by atoms with Gasteiger partial charge in [0.25, 0.3) is 0 Å². The number of amides is 2. The molecule has 0 saturated heterocycles. The third-order valence-corrected chi connectivity index (χ3v) is 5.73. The Hall–Kier alpha value is -4.38. The average Bonchev–Trinajstić information content (AvgIpc) is 3.25. The summed E-state index contributed by atoms with van der Waals surface area (Å²) >= 11 is 0. The lowest BCUT2D eigenvalue weighted by Gasteiger charge is -2.23. The minimum Gasteiger partial charge on any atom is -0.508 e. The highest BCUT2D eigenvalue weighted by molar-refractivity contribution is 5.92. The first-order valence-corrected chi connectivity index (χ1v) is 11.3. The number of aliphatic carboxylic acids is 2. The second-order valence-corrected chi connectivity index (χ2v) is 8.43. The largest absolute Gasteiger partial charge is 0.508 e. The fourth-order valence-corrected chi connectivity index (χ4v) is 3.76. The molecule has 0 aliphatic rings. The number of carboxylic acid groups (broad SMARTS) is 2. The first-order chi connectivity index (χ1) is 17.1. The molecule has 2 amide bonds. The number of H-pyrrole nitrogens is 1. The summed E-state index contributed by atoms with van der Waals surface area (Å²) in [6.45, 7) is 0. The van der Waals surface area contributed by atoms with E-state index in [0.29, 0.717) is 11.1 Å². The summed E-state index contributed by atoms with van der Waals surface area (Å²) in [6.07, 6.45) is 1.22. The number of carbonyl (C=O) groups is 4. The average molecular weight is 497 g/mol. The van der Waals surface area contributed by atoms with Crippen LogP contribution < -0.4 is 16.4 Å². The molecule has 0 aliphatic carbocycles. The van der Waals surface area contributed by atoms with Gasteiger partial charge in [-0.1, -0.05) is 30.3 Å². The molecule has 0 aliphatic heterocycles. The molecule has 0 radical (unpaired) electrons. The predicted octanol–water partition coefficient (Wildman–Crippen LogP) is 0.905. The zero-order chi connectivity index (χ0) is 26.2. The lowest BCUT2D eigenvalue weighted by molar-refractivity contribution is -0.142. The Morgan fingerprint density at radius 1 is 0.889 bits per heavy atom. The van der Waals surface area contributed by atoms with Crippen molar-refractivity contribution in [2.24, 2.45) is 5.73 Å². The Kier molecular flexibility index (Phi) is 8.63. The number of rotatable bonds is 12. The number of hydrogen-bond donors (Lipinski definition) is 7. The lowest BCUT2D eigenvalue weighted by atomic mass is 10.0. The Bertz CT molecular complexity index is 1240. The van der Waals surface area contributed by atoms with Crippen LogP contribution in [0.4, 0.5) is 0 Å². The van der Waals surface area contributed by atoms with Crippen LogP contribution in [0.2, 0.25) is 0 Å². The zero-order valence-corrected chi connectivity index (χ0v) is 19.3. The van der Waals surface area contributed by atoms with Gasteiger partial charge in [0.1, 0.15) is 17.8 Å². The molecule has 3 atom stereocenters. The minimum atomic E-state index is -1.28. The SMILES string of the molecule is N[C@@H](CCC(=O)O)C(=O)N[C@@H](Cc1ccc(O)cc1)C(=O)N[C@@H](Cc1c[nH]c2ccccc12)C(=O)O. The van der Waals surface area contributed by atoms with E-state index in [9.17, 15) is 29.4 Å². The van der Waals surface area contributed by atoms with E-state index in [1.165, 1.54) is 12.1 Å². The van der Waals surface area contributed by atoms with Gasteiger partial charge in [0, 0.05) is 36.4 Å². The highest BCUT2D eigenvalue weighted by Gasteiger charge is 2.29. The fourth-order valence-electron chi connectivity index (χ4n) is 3.76. The number of nitrogens with one attached hydrogen (secondary N) is 3. The topological polar surface area (TPSA) is 195 Å². The number of aromatic amines is 1. The molecular formula is C25H28N4O7. The van der Waals surface area contributed by atoms with Crippen molar-refractivity contribution < 1.29 is 34.5 Å². The van der Waals surface area contributed by atoms with Gasteiger partial charge < -0.3 is 36.7 Å². The summed E-state index contributed by atoms with van der Waals surface area (Å²) in [6, 6.07) is 9.68. The van der Waals surface area contributed by atoms with E-state index >= 15 is 0 Å². The molecule has 3 rings (SSSR count). The molecule has 190 valence electrons. The van der Waals surface area contributed by atoms with E-state index in [2.05, 4.69) is 15.6 Å². The van der Waals surface area contributed by atoms with Crippen LogP contribution in [-0.2, 0) is 32.0 Å². The van der Waals surface area contributed by atoms with E-state index in [-0.39, 0.29) is 31.4 Å². The summed E-state index contributed by atoms with van der Waals surface area (Å²) in [5, 5.41) is 33.9. The number of benzene rings is 2. The van der Waals surface area contributed by atoms with Crippen LogP contribution in [0, 0.1) is 0 Å². The van der Waals surface area contributed by atoms with E-state index in [0.717, 1.165) is 10.9 Å². The lowest BCUT2D eigenvalue weighted by Crippen LogP contribution is -2.55. The van der Waals surface area contributed by atoms with Gasteiger partial charge >= 0.3 is 11.9 Å². The number of carbonyl (C=O) groups excluding carboxylic acids is 2. The van der Waals surface area contributed by atoms with Gasteiger partial charge in [0.05, 0.1) is 6.04 Å². The molecule has 0 bridgehead atoms. The molecule has 11 nitrogen and oxygen atoms in total. The quantitative estimate of drug-likeness (QED) is 0.192. The number of phenolic OH excluding ortho intramolecular Hbond substituents is 1. The number of aromatic hydroxyl groups is 1. The molecule has 8 N–H and O–H groups in total. The number of fused-ring (bicyclic) bond motifs is 1. The van der Waals surface area contributed by atoms with Crippen LogP contribution in [-0.4, -0.2) is 62.2 Å². The Morgan fingerprint density at radius 2 is 1.56 bits per heavy atom. The van der Waals surface area contributed by atoms with Crippen LogP contribution in [0.25, 0.3) is 10.9 Å². The molecule has 2 aromatic carbocycles. The first kappa shape index (κ1) is 26.2. The standard InChI is InChI=1S/C25H28N4O7/c26-18(9-10-22(31)32)23(33)28-20(11-14-5-7-16(30)8-6-14)24(34)29-21(25(35)36)12-15-13-27-19-4-2-1-3-17(15)19/h1-8,13,18,20-21,27,30H,9-12,26H2,(H,28,33)(H,29,34)(H,31,32)(H,35,36)/t18-,20-,21-/m0/s1. The van der Waals surface area contributed by atoms with E-state index in [1.807, 2.05) is 24.3 Å². The van der Waals surface area contributed by atoms with E-state index in [4.69, 9.17) is 10.8 Å². The maximum Gasteiger partial charge on any atom is 0.326 e. The number of nitrogens with two attached hydrogens (primary N) is 1. The number of carboxylic acids is 2. The highest BCUT2D eigenvalue weighted by atomic mass is 16.4. The third-order valence-electron chi connectivity index (χ3n) is 5.73. The molecule has 11 heteroatoms. The predicted molar refractivity (Wildman–Crippen MR) is 130 cm³/mol. The molecule has 1 heterocycles. The van der Waals surface area contributed by atoms with Gasteiger partial charge in [0.2, 0.25) is 11.8 Å². The van der Waals surface area contributed by atoms with E-state index < -0.39 is 41.9 Å². The van der Waals surface area contributed by atoms with Crippen LogP contribution in [0.15, 0.2) is 54.7 Å². The molecule has 3 aromatic rings. The zero-order valence-electron chi connectivity index (χ0n) is 19.3. The van der Waals surface area contributed by atoms with Gasteiger partial charge in [-0.25, -0.2) is 4.79 Å². The summed E-state index contributed by atoms with van der Waals surface area (Å²) in [4.78, 5) is 51.6. The molecule has 1 aromatic heterocycles.